The second kappa shape index (κ2) is 7.41. The van der Waals surface area contributed by atoms with Gasteiger partial charge in [-0.2, -0.15) is 10.4 Å². The van der Waals surface area contributed by atoms with E-state index in [1.807, 2.05) is 54.6 Å². The van der Waals surface area contributed by atoms with E-state index in [1.165, 1.54) is 5.01 Å². The average Bonchev–Trinajstić information content (AvgIpc) is 2.75. The number of hydrogen-bond acceptors (Lipinski definition) is 3. The van der Waals surface area contributed by atoms with Crippen LogP contribution in [0.5, 0.6) is 0 Å². The molecular weight excluding hydrogens is 414 g/mol. The minimum Gasteiger partial charge on any atom is -0.267 e. The van der Waals surface area contributed by atoms with Crippen LogP contribution in [0.2, 0.25) is 0 Å². The number of halogens is 1. The number of fused-ring (bicyclic) bond motifs is 1. The van der Waals surface area contributed by atoms with Gasteiger partial charge in [-0.05, 0) is 29.8 Å². The van der Waals surface area contributed by atoms with Gasteiger partial charge in [0, 0.05) is 27.6 Å². The molecule has 1 aliphatic heterocycles. The monoisotopic (exact) mass is 429 g/mol. The molecule has 0 spiro atoms. The summed E-state index contributed by atoms with van der Waals surface area (Å²) in [6, 6.07) is 26.7. The molecule has 3 aromatic rings. The van der Waals surface area contributed by atoms with Crippen molar-refractivity contribution in [2.45, 2.75) is 12.0 Å². The van der Waals surface area contributed by atoms with Crippen LogP contribution < -0.4 is 0 Å². The summed E-state index contributed by atoms with van der Waals surface area (Å²) in [5.41, 5.74) is 1.83. The molecule has 0 radical (unpaired) electrons. The van der Waals surface area contributed by atoms with Gasteiger partial charge in [0.05, 0.1) is 12.3 Å². The van der Waals surface area contributed by atoms with Gasteiger partial charge in [0.2, 0.25) is 0 Å². The van der Waals surface area contributed by atoms with Gasteiger partial charge < -0.3 is 0 Å². The molecule has 1 atom stereocenters. The van der Waals surface area contributed by atoms with Gasteiger partial charge >= 0.3 is 0 Å². The maximum absolute atomic E-state index is 13.3. The molecule has 0 aliphatic carbocycles. The molecule has 0 bridgehead atoms. The van der Waals surface area contributed by atoms with Crippen LogP contribution in [-0.2, 0) is 12.0 Å². The Labute approximate surface area is 171 Å². The van der Waals surface area contributed by atoms with Crippen LogP contribution in [0, 0.1) is 11.3 Å². The minimum atomic E-state index is -1.23. The predicted octanol–water partition coefficient (Wildman–Crippen LogP) is 4.90. The first-order valence-corrected chi connectivity index (χ1v) is 9.62. The third-order valence-corrected chi connectivity index (χ3v) is 5.38. The van der Waals surface area contributed by atoms with Crippen LogP contribution in [0.15, 0.2) is 88.4 Å². The molecule has 0 fully saturated rings. The maximum Gasteiger partial charge on any atom is 0.275 e. The van der Waals surface area contributed by atoms with Crippen molar-refractivity contribution in [2.75, 3.05) is 0 Å². The van der Waals surface area contributed by atoms with E-state index in [2.05, 4.69) is 27.1 Å². The smallest absolute Gasteiger partial charge is 0.267 e. The number of hydrazone groups is 1. The Balaban J connectivity index is 1.86. The number of nitrogens with zero attached hydrogens (tertiary/aromatic N) is 3. The molecule has 0 N–H and O–H groups in total. The largest absolute Gasteiger partial charge is 0.275 e. The molecule has 0 saturated carbocycles. The highest BCUT2D eigenvalue weighted by Gasteiger charge is 2.45. The molecule has 4 nitrogen and oxygen atoms in total. The van der Waals surface area contributed by atoms with Gasteiger partial charge in [0.25, 0.3) is 5.91 Å². The van der Waals surface area contributed by atoms with E-state index in [1.54, 1.807) is 30.5 Å². The van der Waals surface area contributed by atoms with Crippen LogP contribution in [0.25, 0.3) is 0 Å². The highest BCUT2D eigenvalue weighted by molar-refractivity contribution is 9.10. The lowest BCUT2D eigenvalue weighted by atomic mass is 9.80. The zero-order valence-corrected chi connectivity index (χ0v) is 16.5. The average molecular weight is 430 g/mol. The molecule has 136 valence electrons. The lowest BCUT2D eigenvalue weighted by Gasteiger charge is -2.39. The van der Waals surface area contributed by atoms with Gasteiger partial charge in [-0.3, -0.25) is 4.79 Å². The van der Waals surface area contributed by atoms with Crippen LogP contribution in [-0.4, -0.2) is 17.1 Å². The number of carbonyl (C=O) groups is 1. The standard InChI is InChI=1S/C23H16BrN3O/c24-20-12-10-17(11-13-20)14-23(16-25)21-9-5-4-8-19(21)15-26-27(23)22(28)18-6-2-1-3-7-18/h1-13,15H,14H2. The van der Waals surface area contributed by atoms with E-state index in [9.17, 15) is 10.1 Å². The van der Waals surface area contributed by atoms with Gasteiger partial charge in [0.1, 0.15) is 0 Å². The van der Waals surface area contributed by atoms with Crippen LogP contribution in [0.1, 0.15) is 27.0 Å². The van der Waals surface area contributed by atoms with Crippen molar-refractivity contribution in [3.05, 3.63) is 106 Å². The second-order valence-corrected chi connectivity index (χ2v) is 7.51. The third kappa shape index (κ3) is 3.12. The number of amides is 1. The summed E-state index contributed by atoms with van der Waals surface area (Å²) in [6.07, 6.45) is 1.98. The Bertz CT molecular complexity index is 1090. The van der Waals surface area contributed by atoms with Gasteiger partial charge in [0.15, 0.2) is 5.54 Å². The van der Waals surface area contributed by atoms with Gasteiger partial charge in [-0.1, -0.05) is 70.5 Å². The lowest BCUT2D eigenvalue weighted by molar-refractivity contribution is 0.0578. The number of hydrogen-bond donors (Lipinski definition) is 0. The normalized spacial score (nSPS) is 17.6. The highest BCUT2D eigenvalue weighted by atomic mass is 79.9. The van der Waals surface area contributed by atoms with E-state index in [0.29, 0.717) is 12.0 Å². The summed E-state index contributed by atoms with van der Waals surface area (Å²) >= 11 is 3.44. The molecule has 1 amide bonds. The summed E-state index contributed by atoms with van der Waals surface area (Å²) in [4.78, 5) is 13.3. The lowest BCUT2D eigenvalue weighted by Crippen LogP contribution is -2.49. The summed E-state index contributed by atoms with van der Waals surface area (Å²) in [7, 11) is 0. The molecular formula is C23H16BrN3O. The molecule has 5 heteroatoms. The van der Waals surface area contributed by atoms with E-state index >= 15 is 0 Å². The SMILES string of the molecule is N#CC1(Cc2ccc(Br)cc2)c2ccccc2C=NN1C(=O)c1ccccc1. The zero-order chi connectivity index (χ0) is 19.6. The van der Waals surface area contributed by atoms with Crippen molar-refractivity contribution in [2.24, 2.45) is 5.10 Å². The van der Waals surface area contributed by atoms with Crippen molar-refractivity contribution in [1.82, 2.24) is 5.01 Å². The quantitative estimate of drug-likeness (QED) is 0.594. The molecule has 1 aliphatic rings. The Kier molecular flexibility index (Phi) is 4.81. The molecule has 0 aromatic heterocycles. The van der Waals surface area contributed by atoms with Gasteiger partial charge in [-0.15, -0.1) is 0 Å². The van der Waals surface area contributed by atoms with Gasteiger partial charge in [-0.25, -0.2) is 5.01 Å². The first kappa shape index (κ1) is 18.1. The Morgan fingerprint density at radius 1 is 1.00 bits per heavy atom. The fourth-order valence-electron chi connectivity index (χ4n) is 3.46. The number of nitriles is 1. The molecule has 4 rings (SSSR count). The van der Waals surface area contributed by atoms with Crippen molar-refractivity contribution in [1.29, 1.82) is 5.26 Å². The van der Waals surface area contributed by atoms with E-state index in [0.717, 1.165) is 21.2 Å². The topological polar surface area (TPSA) is 56.5 Å². The minimum absolute atomic E-state index is 0.301. The fourth-order valence-corrected chi connectivity index (χ4v) is 3.73. The Hall–Kier alpha value is -3.23. The van der Waals surface area contributed by atoms with Crippen molar-refractivity contribution in [3.8, 4) is 6.07 Å². The molecule has 1 unspecified atom stereocenters. The number of carbonyl (C=O) groups excluding carboxylic acids is 1. The first-order chi connectivity index (χ1) is 13.6. The first-order valence-electron chi connectivity index (χ1n) is 8.83. The van der Waals surface area contributed by atoms with E-state index in [-0.39, 0.29) is 5.91 Å². The molecule has 1 heterocycles. The van der Waals surface area contributed by atoms with E-state index in [4.69, 9.17) is 0 Å². The fraction of sp³-hybridized carbons (Fsp3) is 0.0870. The molecule has 28 heavy (non-hydrogen) atoms. The summed E-state index contributed by atoms with van der Waals surface area (Å²) in [6.45, 7) is 0. The summed E-state index contributed by atoms with van der Waals surface area (Å²) in [5, 5.41) is 16.1. The predicted molar refractivity (Wildman–Crippen MR) is 112 cm³/mol. The Morgan fingerprint density at radius 2 is 1.68 bits per heavy atom. The van der Waals surface area contributed by atoms with E-state index < -0.39 is 5.54 Å². The Morgan fingerprint density at radius 3 is 2.39 bits per heavy atom. The summed E-state index contributed by atoms with van der Waals surface area (Å²) in [5.74, 6) is -0.301. The van der Waals surface area contributed by atoms with Crippen LogP contribution in [0.4, 0.5) is 0 Å². The summed E-state index contributed by atoms with van der Waals surface area (Å²) < 4.78 is 0.960. The molecule has 0 saturated heterocycles. The zero-order valence-electron chi connectivity index (χ0n) is 14.9. The van der Waals surface area contributed by atoms with Crippen molar-refractivity contribution >= 4 is 28.1 Å². The van der Waals surface area contributed by atoms with Crippen LogP contribution in [0.3, 0.4) is 0 Å². The van der Waals surface area contributed by atoms with Crippen molar-refractivity contribution < 1.29 is 4.79 Å². The number of rotatable bonds is 3. The van der Waals surface area contributed by atoms with Crippen molar-refractivity contribution in [3.63, 3.8) is 0 Å². The van der Waals surface area contributed by atoms with Crippen LogP contribution >= 0.6 is 15.9 Å². The number of benzene rings is 3. The second-order valence-electron chi connectivity index (χ2n) is 6.59. The highest BCUT2D eigenvalue weighted by Crippen LogP contribution is 2.38. The molecule has 3 aromatic carbocycles. The third-order valence-electron chi connectivity index (χ3n) is 4.85. The maximum atomic E-state index is 13.3.